The highest BCUT2D eigenvalue weighted by atomic mass is 16.5. The Balaban J connectivity index is 2.00. The predicted octanol–water partition coefficient (Wildman–Crippen LogP) is 2.44. The van der Waals surface area contributed by atoms with E-state index in [1.54, 1.807) is 0 Å². The van der Waals surface area contributed by atoms with E-state index in [1.807, 2.05) is 0 Å². The maximum absolute atomic E-state index is 5.39. The van der Waals surface area contributed by atoms with Gasteiger partial charge in [0, 0.05) is 24.6 Å². The second kappa shape index (κ2) is 4.79. The minimum atomic E-state index is 0.737. The third-order valence-electron chi connectivity index (χ3n) is 2.92. The lowest BCUT2D eigenvalue weighted by molar-refractivity contribution is 0.373. The first-order chi connectivity index (χ1) is 7.35. The summed E-state index contributed by atoms with van der Waals surface area (Å²) in [5.74, 6) is 1.09. The Morgan fingerprint density at radius 1 is 1.40 bits per heavy atom. The van der Waals surface area contributed by atoms with Crippen molar-refractivity contribution in [2.75, 3.05) is 0 Å². The van der Waals surface area contributed by atoms with E-state index in [0.29, 0.717) is 0 Å². The second-order valence-corrected chi connectivity index (χ2v) is 4.29. The monoisotopic (exact) mass is 208 g/mol. The summed E-state index contributed by atoms with van der Waals surface area (Å²) in [6.45, 7) is 5.22. The molecule has 0 saturated heterocycles. The predicted molar refractivity (Wildman–Crippen MR) is 59.7 cm³/mol. The van der Waals surface area contributed by atoms with Crippen LogP contribution in [0.4, 0.5) is 0 Å². The Labute approximate surface area is 91.2 Å². The molecule has 3 heteroatoms. The number of rotatable bonds is 6. The summed E-state index contributed by atoms with van der Waals surface area (Å²) in [4.78, 5) is 0. The highest BCUT2D eigenvalue weighted by Crippen LogP contribution is 2.21. The molecule has 0 atom stereocenters. The molecule has 0 amide bonds. The van der Waals surface area contributed by atoms with Crippen LogP contribution in [-0.2, 0) is 19.4 Å². The van der Waals surface area contributed by atoms with E-state index >= 15 is 0 Å². The van der Waals surface area contributed by atoms with Gasteiger partial charge in [-0.2, -0.15) is 0 Å². The molecule has 1 fully saturated rings. The molecule has 1 aromatic rings. The summed E-state index contributed by atoms with van der Waals surface area (Å²) >= 11 is 0. The first-order valence-electron chi connectivity index (χ1n) is 6.04. The molecule has 1 heterocycles. The van der Waals surface area contributed by atoms with Crippen molar-refractivity contribution < 1.29 is 4.52 Å². The molecule has 0 bridgehead atoms. The van der Waals surface area contributed by atoms with E-state index in [4.69, 9.17) is 4.52 Å². The molecule has 0 aromatic carbocycles. The topological polar surface area (TPSA) is 38.1 Å². The van der Waals surface area contributed by atoms with Gasteiger partial charge in [0.2, 0.25) is 0 Å². The summed E-state index contributed by atoms with van der Waals surface area (Å²) in [6, 6.07) is 0.737. The minimum absolute atomic E-state index is 0.737. The van der Waals surface area contributed by atoms with Crippen LogP contribution in [0.2, 0.25) is 0 Å². The number of aryl methyl sites for hydroxylation is 1. The van der Waals surface area contributed by atoms with Gasteiger partial charge in [0.05, 0.1) is 0 Å². The van der Waals surface area contributed by atoms with Crippen LogP contribution in [-0.4, -0.2) is 11.2 Å². The summed E-state index contributed by atoms with van der Waals surface area (Å²) < 4.78 is 5.39. The molecule has 1 aliphatic carbocycles. The molecule has 1 aromatic heterocycles. The van der Waals surface area contributed by atoms with Gasteiger partial charge in [-0.3, -0.25) is 0 Å². The van der Waals surface area contributed by atoms with Crippen molar-refractivity contribution in [3.63, 3.8) is 0 Å². The van der Waals surface area contributed by atoms with E-state index in [1.165, 1.54) is 18.4 Å². The normalized spacial score (nSPS) is 15.9. The lowest BCUT2D eigenvalue weighted by Crippen LogP contribution is -2.16. The second-order valence-electron chi connectivity index (χ2n) is 4.29. The van der Waals surface area contributed by atoms with Gasteiger partial charge >= 0.3 is 0 Å². The molecule has 0 aliphatic heterocycles. The molecule has 1 aliphatic rings. The van der Waals surface area contributed by atoms with Gasteiger partial charge in [-0.1, -0.05) is 19.0 Å². The van der Waals surface area contributed by atoms with Gasteiger partial charge in [-0.25, -0.2) is 0 Å². The molecular weight excluding hydrogens is 188 g/mol. The third kappa shape index (κ3) is 2.59. The molecule has 0 unspecified atom stereocenters. The zero-order chi connectivity index (χ0) is 10.7. The lowest BCUT2D eigenvalue weighted by atomic mass is 10.1. The average Bonchev–Trinajstić information content (AvgIpc) is 2.99. The zero-order valence-electron chi connectivity index (χ0n) is 9.68. The summed E-state index contributed by atoms with van der Waals surface area (Å²) in [5.41, 5.74) is 2.44. The number of nitrogens with one attached hydrogen (secondary N) is 1. The summed E-state index contributed by atoms with van der Waals surface area (Å²) in [7, 11) is 0. The molecule has 1 N–H and O–H groups in total. The van der Waals surface area contributed by atoms with Gasteiger partial charge in [0.1, 0.15) is 11.5 Å². The summed E-state index contributed by atoms with van der Waals surface area (Å²) in [6.07, 6.45) is 5.81. The van der Waals surface area contributed by atoms with Gasteiger partial charge in [0.15, 0.2) is 0 Å². The Kier molecular flexibility index (Phi) is 3.41. The van der Waals surface area contributed by atoms with Gasteiger partial charge < -0.3 is 9.84 Å². The SMILES string of the molecule is CCCc1onc(CNC2CC2)c1CC. The van der Waals surface area contributed by atoms with Crippen molar-refractivity contribution in [2.45, 2.75) is 58.5 Å². The fraction of sp³-hybridized carbons (Fsp3) is 0.750. The average molecular weight is 208 g/mol. The molecule has 3 nitrogen and oxygen atoms in total. The van der Waals surface area contributed by atoms with Crippen molar-refractivity contribution in [3.8, 4) is 0 Å². The van der Waals surface area contributed by atoms with Crippen LogP contribution in [0.25, 0.3) is 0 Å². The quantitative estimate of drug-likeness (QED) is 0.780. The number of aromatic nitrogens is 1. The largest absolute Gasteiger partial charge is 0.361 e. The van der Waals surface area contributed by atoms with Crippen LogP contribution in [0.15, 0.2) is 4.52 Å². The van der Waals surface area contributed by atoms with Crippen LogP contribution < -0.4 is 5.32 Å². The van der Waals surface area contributed by atoms with E-state index in [-0.39, 0.29) is 0 Å². The van der Waals surface area contributed by atoms with Gasteiger partial charge in [-0.15, -0.1) is 0 Å². The Hall–Kier alpha value is -0.830. The van der Waals surface area contributed by atoms with E-state index in [2.05, 4.69) is 24.3 Å². The molecule has 15 heavy (non-hydrogen) atoms. The van der Waals surface area contributed by atoms with E-state index in [9.17, 15) is 0 Å². The van der Waals surface area contributed by atoms with Gasteiger partial charge in [-0.05, 0) is 25.7 Å². The van der Waals surface area contributed by atoms with Crippen LogP contribution in [0.5, 0.6) is 0 Å². The fourth-order valence-electron chi connectivity index (χ4n) is 1.87. The van der Waals surface area contributed by atoms with E-state index in [0.717, 1.165) is 43.3 Å². The van der Waals surface area contributed by atoms with Crippen molar-refractivity contribution in [1.82, 2.24) is 10.5 Å². The highest BCUT2D eigenvalue weighted by molar-refractivity contribution is 5.23. The number of hydrogen-bond donors (Lipinski definition) is 1. The van der Waals surface area contributed by atoms with Crippen molar-refractivity contribution in [3.05, 3.63) is 17.0 Å². The van der Waals surface area contributed by atoms with Crippen molar-refractivity contribution >= 4 is 0 Å². The summed E-state index contributed by atoms with van der Waals surface area (Å²) in [5, 5.41) is 7.65. The third-order valence-corrected chi connectivity index (χ3v) is 2.92. The van der Waals surface area contributed by atoms with Crippen molar-refractivity contribution in [2.24, 2.45) is 0 Å². The molecule has 1 saturated carbocycles. The first kappa shape index (κ1) is 10.7. The number of nitrogens with zero attached hydrogens (tertiary/aromatic N) is 1. The highest BCUT2D eigenvalue weighted by Gasteiger charge is 2.22. The van der Waals surface area contributed by atoms with Crippen LogP contribution in [0.3, 0.4) is 0 Å². The van der Waals surface area contributed by atoms with Crippen LogP contribution >= 0.6 is 0 Å². The molecule has 0 radical (unpaired) electrons. The Morgan fingerprint density at radius 3 is 2.80 bits per heavy atom. The minimum Gasteiger partial charge on any atom is -0.361 e. The fourth-order valence-corrected chi connectivity index (χ4v) is 1.87. The molecular formula is C12H20N2O. The maximum Gasteiger partial charge on any atom is 0.140 e. The van der Waals surface area contributed by atoms with Crippen LogP contribution in [0.1, 0.15) is 50.1 Å². The van der Waals surface area contributed by atoms with Crippen molar-refractivity contribution in [1.29, 1.82) is 0 Å². The van der Waals surface area contributed by atoms with Gasteiger partial charge in [0.25, 0.3) is 0 Å². The Bertz CT molecular complexity index is 315. The van der Waals surface area contributed by atoms with Crippen LogP contribution in [0, 0.1) is 0 Å². The standard InChI is InChI=1S/C12H20N2O/c1-3-5-12-10(4-2)11(14-15-12)8-13-9-6-7-9/h9,13H,3-8H2,1-2H3. The molecule has 2 rings (SSSR count). The molecule has 84 valence electrons. The number of hydrogen-bond acceptors (Lipinski definition) is 3. The van der Waals surface area contributed by atoms with E-state index < -0.39 is 0 Å². The smallest absolute Gasteiger partial charge is 0.140 e. The zero-order valence-corrected chi connectivity index (χ0v) is 9.68. The lowest BCUT2D eigenvalue weighted by Gasteiger charge is -2.01. The molecule has 0 spiro atoms. The first-order valence-corrected chi connectivity index (χ1v) is 6.04. The maximum atomic E-state index is 5.39. The Morgan fingerprint density at radius 2 is 2.20 bits per heavy atom.